The molecule has 1 heteroatoms. The van der Waals surface area contributed by atoms with Crippen LogP contribution >= 0.6 is 0 Å². The normalized spacial score (nSPS) is 24.2. The van der Waals surface area contributed by atoms with Crippen molar-refractivity contribution in [3.63, 3.8) is 0 Å². The summed E-state index contributed by atoms with van der Waals surface area (Å²) in [5.41, 5.74) is 0. The molecule has 0 aliphatic carbocycles. The molecule has 1 saturated heterocycles. The maximum absolute atomic E-state index is 2.32. The average Bonchev–Trinajstić information content (AvgIpc) is 1.64. The SMILES string of the molecule is C/C=C\C1CN(C)C1. The quantitative estimate of drug-likeness (QED) is 0.458. The highest BCUT2D eigenvalue weighted by Gasteiger charge is 2.18. The van der Waals surface area contributed by atoms with Gasteiger partial charge in [-0.1, -0.05) is 12.2 Å². The number of nitrogens with zero attached hydrogens (tertiary/aromatic N) is 1. The molecule has 1 heterocycles. The Balaban J connectivity index is 2.15. The van der Waals surface area contributed by atoms with Gasteiger partial charge in [-0.05, 0) is 14.0 Å². The molecular formula is C7H13N. The Kier molecular flexibility index (Phi) is 1.69. The van der Waals surface area contributed by atoms with Crippen molar-refractivity contribution in [1.29, 1.82) is 0 Å². The van der Waals surface area contributed by atoms with Crippen molar-refractivity contribution in [2.24, 2.45) is 5.92 Å². The summed E-state index contributed by atoms with van der Waals surface area (Å²) in [5.74, 6) is 0.852. The van der Waals surface area contributed by atoms with Crippen molar-refractivity contribution in [3.05, 3.63) is 12.2 Å². The minimum absolute atomic E-state index is 0.852. The van der Waals surface area contributed by atoms with Gasteiger partial charge in [-0.2, -0.15) is 0 Å². The molecule has 1 nitrogen and oxygen atoms in total. The van der Waals surface area contributed by atoms with Gasteiger partial charge < -0.3 is 4.90 Å². The minimum atomic E-state index is 0.852. The van der Waals surface area contributed by atoms with Crippen molar-refractivity contribution in [3.8, 4) is 0 Å². The van der Waals surface area contributed by atoms with E-state index in [1.54, 1.807) is 0 Å². The predicted molar refractivity (Wildman–Crippen MR) is 35.8 cm³/mol. The van der Waals surface area contributed by atoms with Crippen LogP contribution in [0.4, 0.5) is 0 Å². The van der Waals surface area contributed by atoms with Crippen LogP contribution in [0.3, 0.4) is 0 Å². The van der Waals surface area contributed by atoms with Crippen molar-refractivity contribution < 1.29 is 0 Å². The van der Waals surface area contributed by atoms with E-state index >= 15 is 0 Å². The summed E-state index contributed by atoms with van der Waals surface area (Å²) in [6.45, 7) is 4.59. The van der Waals surface area contributed by atoms with Crippen LogP contribution in [-0.4, -0.2) is 25.0 Å². The van der Waals surface area contributed by atoms with Gasteiger partial charge in [-0.15, -0.1) is 0 Å². The van der Waals surface area contributed by atoms with E-state index in [0.29, 0.717) is 0 Å². The van der Waals surface area contributed by atoms with E-state index in [4.69, 9.17) is 0 Å². The molecule has 0 atom stereocenters. The van der Waals surface area contributed by atoms with Crippen molar-refractivity contribution >= 4 is 0 Å². The van der Waals surface area contributed by atoms with Crippen molar-refractivity contribution in [2.75, 3.05) is 20.1 Å². The molecule has 1 fully saturated rings. The highest BCUT2D eigenvalue weighted by Crippen LogP contribution is 2.12. The van der Waals surface area contributed by atoms with Crippen LogP contribution in [0.25, 0.3) is 0 Å². The maximum atomic E-state index is 2.32. The van der Waals surface area contributed by atoms with Gasteiger partial charge in [0.15, 0.2) is 0 Å². The lowest BCUT2D eigenvalue weighted by molar-refractivity contribution is 0.170. The van der Waals surface area contributed by atoms with E-state index in [1.165, 1.54) is 13.1 Å². The van der Waals surface area contributed by atoms with E-state index in [-0.39, 0.29) is 0 Å². The van der Waals surface area contributed by atoms with Gasteiger partial charge in [0.25, 0.3) is 0 Å². The van der Waals surface area contributed by atoms with Crippen LogP contribution in [0.1, 0.15) is 6.92 Å². The average molecular weight is 111 g/mol. The standard InChI is InChI=1S/C7H13N/c1-3-4-7-5-8(2)6-7/h3-4,7H,5-6H2,1-2H3/b4-3-. The van der Waals surface area contributed by atoms with Crippen LogP contribution in [0, 0.1) is 5.92 Å². The summed E-state index contributed by atoms with van der Waals surface area (Å²) >= 11 is 0. The van der Waals surface area contributed by atoms with Gasteiger partial charge in [-0.3, -0.25) is 0 Å². The number of rotatable bonds is 1. The molecule has 0 unspecified atom stereocenters. The zero-order chi connectivity index (χ0) is 5.98. The van der Waals surface area contributed by atoms with E-state index < -0.39 is 0 Å². The topological polar surface area (TPSA) is 3.24 Å². The summed E-state index contributed by atoms with van der Waals surface area (Å²) < 4.78 is 0. The zero-order valence-corrected chi connectivity index (χ0v) is 5.59. The number of hydrogen-bond acceptors (Lipinski definition) is 1. The summed E-state index contributed by atoms with van der Waals surface area (Å²) in [4.78, 5) is 2.32. The molecule has 0 bridgehead atoms. The second-order valence-electron chi connectivity index (χ2n) is 2.51. The summed E-state index contributed by atoms with van der Waals surface area (Å²) in [6, 6.07) is 0. The monoisotopic (exact) mass is 111 g/mol. The third kappa shape index (κ3) is 1.10. The Morgan fingerprint density at radius 1 is 1.50 bits per heavy atom. The first-order valence-corrected chi connectivity index (χ1v) is 3.14. The molecule has 1 aliphatic rings. The highest BCUT2D eigenvalue weighted by atomic mass is 15.2. The molecule has 0 amide bonds. The molecule has 46 valence electrons. The van der Waals surface area contributed by atoms with Gasteiger partial charge >= 0.3 is 0 Å². The van der Waals surface area contributed by atoms with E-state index in [2.05, 4.69) is 31.0 Å². The maximum Gasteiger partial charge on any atom is 0.00538 e. The first-order chi connectivity index (χ1) is 3.83. The fourth-order valence-corrected chi connectivity index (χ4v) is 1.14. The summed E-state index contributed by atoms with van der Waals surface area (Å²) in [6.07, 6.45) is 4.41. The largest absolute Gasteiger partial charge is 0.305 e. The molecule has 0 aromatic carbocycles. The predicted octanol–water partition coefficient (Wildman–Crippen LogP) is 1.12. The van der Waals surface area contributed by atoms with E-state index in [1.807, 2.05) is 0 Å². The summed E-state index contributed by atoms with van der Waals surface area (Å²) in [5, 5.41) is 0. The molecule has 0 aromatic heterocycles. The van der Waals surface area contributed by atoms with Gasteiger partial charge in [0.2, 0.25) is 0 Å². The number of allylic oxidation sites excluding steroid dienone is 1. The zero-order valence-electron chi connectivity index (χ0n) is 5.59. The van der Waals surface area contributed by atoms with Crippen LogP contribution in [-0.2, 0) is 0 Å². The Bertz CT molecular complexity index is 90.6. The van der Waals surface area contributed by atoms with Gasteiger partial charge in [0.1, 0.15) is 0 Å². The van der Waals surface area contributed by atoms with Crippen molar-refractivity contribution in [2.45, 2.75) is 6.92 Å². The molecular weight excluding hydrogens is 98.1 g/mol. The lowest BCUT2D eigenvalue weighted by Gasteiger charge is -2.33. The fraction of sp³-hybridized carbons (Fsp3) is 0.714. The third-order valence-corrected chi connectivity index (χ3v) is 1.56. The fourth-order valence-electron chi connectivity index (χ4n) is 1.14. The first kappa shape index (κ1) is 5.83. The van der Waals surface area contributed by atoms with Crippen LogP contribution in [0.2, 0.25) is 0 Å². The smallest absolute Gasteiger partial charge is 0.00538 e. The van der Waals surface area contributed by atoms with Crippen LogP contribution in [0.15, 0.2) is 12.2 Å². The molecule has 0 spiro atoms. The number of hydrogen-bond donors (Lipinski definition) is 0. The van der Waals surface area contributed by atoms with Gasteiger partial charge in [0.05, 0.1) is 0 Å². The molecule has 0 N–H and O–H groups in total. The molecule has 0 aromatic rings. The van der Waals surface area contributed by atoms with Crippen LogP contribution < -0.4 is 0 Å². The minimum Gasteiger partial charge on any atom is -0.305 e. The number of likely N-dealkylation sites (tertiary alicyclic amines) is 1. The molecule has 1 aliphatic heterocycles. The van der Waals surface area contributed by atoms with Gasteiger partial charge in [0, 0.05) is 19.0 Å². The molecule has 0 radical (unpaired) electrons. The second-order valence-corrected chi connectivity index (χ2v) is 2.51. The molecule has 8 heavy (non-hydrogen) atoms. The first-order valence-electron chi connectivity index (χ1n) is 3.14. The lowest BCUT2D eigenvalue weighted by atomic mass is 10.0. The Morgan fingerprint density at radius 2 is 2.12 bits per heavy atom. The van der Waals surface area contributed by atoms with Gasteiger partial charge in [-0.25, -0.2) is 0 Å². The van der Waals surface area contributed by atoms with E-state index in [0.717, 1.165) is 5.92 Å². The molecule has 0 saturated carbocycles. The van der Waals surface area contributed by atoms with Crippen LogP contribution in [0.5, 0.6) is 0 Å². The Hall–Kier alpha value is -0.300. The second kappa shape index (κ2) is 2.31. The molecule has 1 rings (SSSR count). The lowest BCUT2D eigenvalue weighted by Crippen LogP contribution is -2.42. The Labute approximate surface area is 51.0 Å². The van der Waals surface area contributed by atoms with E-state index in [9.17, 15) is 0 Å². The third-order valence-electron chi connectivity index (χ3n) is 1.56. The van der Waals surface area contributed by atoms with Crippen molar-refractivity contribution in [1.82, 2.24) is 4.90 Å². The summed E-state index contributed by atoms with van der Waals surface area (Å²) in [7, 11) is 2.15. The highest BCUT2D eigenvalue weighted by molar-refractivity contribution is 4.93. The Morgan fingerprint density at radius 3 is 2.50 bits per heavy atom.